The topological polar surface area (TPSA) is 55.4 Å². The molecule has 0 unspecified atom stereocenters. The SMILES string of the molecule is C=CCO[C@@H]1[C@@H](OC)O[C@@H]2CO[C@H](c3ccccc3)O[C@H]2[C@@H]1OCc1ccccc1. The molecule has 0 amide bonds. The number of hydrogen-bond donors (Lipinski definition) is 0. The van der Waals surface area contributed by atoms with E-state index in [4.69, 9.17) is 28.4 Å². The van der Waals surface area contributed by atoms with Crippen LogP contribution in [0.1, 0.15) is 17.4 Å². The standard InChI is InChI=1S/C24H28O6/c1-3-14-26-22-21(27-15-17-10-6-4-7-11-17)20-19(29-24(22)25-2)16-28-23(30-20)18-12-8-5-9-13-18/h3-13,19-24H,1,14-16H2,2H3/t19-,20-,21+,22+,23+,24+/m1/s1. The molecule has 2 aromatic carbocycles. The molecule has 0 radical (unpaired) electrons. The second-order valence-electron chi connectivity index (χ2n) is 7.30. The number of methoxy groups -OCH3 is 1. The molecule has 4 rings (SSSR count). The lowest BCUT2D eigenvalue weighted by Crippen LogP contribution is -2.63. The van der Waals surface area contributed by atoms with Gasteiger partial charge in [0.1, 0.15) is 24.4 Å². The summed E-state index contributed by atoms with van der Waals surface area (Å²) in [5.74, 6) is 0. The van der Waals surface area contributed by atoms with Gasteiger partial charge in [0.15, 0.2) is 12.6 Å². The lowest BCUT2D eigenvalue weighted by Gasteiger charge is -2.48. The molecule has 0 bridgehead atoms. The third kappa shape index (κ3) is 4.81. The van der Waals surface area contributed by atoms with E-state index in [2.05, 4.69) is 6.58 Å². The molecular weight excluding hydrogens is 384 g/mol. The van der Waals surface area contributed by atoms with Gasteiger partial charge in [0.05, 0.1) is 19.8 Å². The van der Waals surface area contributed by atoms with Gasteiger partial charge in [-0.15, -0.1) is 6.58 Å². The Labute approximate surface area is 177 Å². The predicted octanol–water partition coefficient (Wildman–Crippen LogP) is 3.63. The Hall–Kier alpha value is -2.06. The summed E-state index contributed by atoms with van der Waals surface area (Å²) in [6, 6.07) is 19.9. The van der Waals surface area contributed by atoms with Crippen molar-refractivity contribution < 1.29 is 28.4 Å². The lowest BCUT2D eigenvalue weighted by atomic mass is 9.97. The molecule has 2 saturated heterocycles. The van der Waals surface area contributed by atoms with Crippen molar-refractivity contribution >= 4 is 0 Å². The van der Waals surface area contributed by atoms with Gasteiger partial charge in [-0.3, -0.25) is 0 Å². The highest BCUT2D eigenvalue weighted by Gasteiger charge is 2.51. The summed E-state index contributed by atoms with van der Waals surface area (Å²) in [6.07, 6.45) is -0.930. The highest BCUT2D eigenvalue weighted by Crippen LogP contribution is 2.36. The molecular formula is C24H28O6. The zero-order valence-electron chi connectivity index (χ0n) is 17.1. The lowest BCUT2D eigenvalue weighted by molar-refractivity contribution is -0.367. The monoisotopic (exact) mass is 412 g/mol. The van der Waals surface area contributed by atoms with Crippen molar-refractivity contribution in [3.8, 4) is 0 Å². The maximum Gasteiger partial charge on any atom is 0.186 e. The van der Waals surface area contributed by atoms with E-state index in [1.54, 1.807) is 13.2 Å². The van der Waals surface area contributed by atoms with Crippen LogP contribution in [-0.2, 0) is 35.0 Å². The van der Waals surface area contributed by atoms with Gasteiger partial charge in [0.25, 0.3) is 0 Å². The fourth-order valence-electron chi connectivity index (χ4n) is 3.83. The Morgan fingerprint density at radius 2 is 1.70 bits per heavy atom. The summed E-state index contributed by atoms with van der Waals surface area (Å²) in [7, 11) is 1.60. The number of rotatable bonds is 8. The van der Waals surface area contributed by atoms with Crippen LogP contribution in [0.5, 0.6) is 0 Å². The molecule has 2 heterocycles. The van der Waals surface area contributed by atoms with Crippen LogP contribution in [0.15, 0.2) is 73.3 Å². The fourth-order valence-corrected chi connectivity index (χ4v) is 3.83. The average Bonchev–Trinajstić information content (AvgIpc) is 2.82. The van der Waals surface area contributed by atoms with Gasteiger partial charge in [0.2, 0.25) is 0 Å². The molecule has 2 aliphatic rings. The van der Waals surface area contributed by atoms with Crippen molar-refractivity contribution in [1.82, 2.24) is 0 Å². The maximum atomic E-state index is 6.36. The fraction of sp³-hybridized carbons (Fsp3) is 0.417. The summed E-state index contributed by atoms with van der Waals surface area (Å²) in [6.45, 7) is 4.91. The van der Waals surface area contributed by atoms with Crippen LogP contribution in [0.25, 0.3) is 0 Å². The minimum Gasteiger partial charge on any atom is -0.368 e. The van der Waals surface area contributed by atoms with Crippen molar-refractivity contribution in [2.45, 2.75) is 43.6 Å². The third-order valence-corrected chi connectivity index (χ3v) is 5.28. The first kappa shape index (κ1) is 21.2. The molecule has 2 fully saturated rings. The van der Waals surface area contributed by atoms with Crippen LogP contribution in [0.2, 0.25) is 0 Å². The van der Waals surface area contributed by atoms with Crippen molar-refractivity contribution in [3.63, 3.8) is 0 Å². The Bertz CT molecular complexity index is 783. The van der Waals surface area contributed by atoms with Gasteiger partial charge in [-0.05, 0) is 5.56 Å². The molecule has 0 aliphatic carbocycles. The van der Waals surface area contributed by atoms with E-state index >= 15 is 0 Å². The van der Waals surface area contributed by atoms with Crippen molar-refractivity contribution in [3.05, 3.63) is 84.4 Å². The molecule has 2 aromatic rings. The van der Waals surface area contributed by atoms with Crippen LogP contribution in [0.3, 0.4) is 0 Å². The molecule has 160 valence electrons. The first-order valence-electron chi connectivity index (χ1n) is 10.2. The normalized spacial score (nSPS) is 31.1. The summed E-state index contributed by atoms with van der Waals surface area (Å²) in [5, 5.41) is 0. The zero-order chi connectivity index (χ0) is 20.8. The van der Waals surface area contributed by atoms with Crippen LogP contribution in [0.4, 0.5) is 0 Å². The molecule has 0 aromatic heterocycles. The number of fused-ring (bicyclic) bond motifs is 1. The highest BCUT2D eigenvalue weighted by atomic mass is 16.8. The first-order valence-corrected chi connectivity index (χ1v) is 10.2. The maximum absolute atomic E-state index is 6.36. The summed E-state index contributed by atoms with van der Waals surface area (Å²) in [4.78, 5) is 0. The van der Waals surface area contributed by atoms with Crippen LogP contribution >= 0.6 is 0 Å². The van der Waals surface area contributed by atoms with E-state index in [-0.39, 0.29) is 12.2 Å². The molecule has 0 spiro atoms. The predicted molar refractivity (Wildman–Crippen MR) is 111 cm³/mol. The smallest absolute Gasteiger partial charge is 0.186 e. The van der Waals surface area contributed by atoms with Crippen LogP contribution in [0, 0.1) is 0 Å². The van der Waals surface area contributed by atoms with E-state index < -0.39 is 24.8 Å². The Kier molecular flexibility index (Phi) is 7.28. The highest BCUT2D eigenvalue weighted by molar-refractivity contribution is 5.17. The third-order valence-electron chi connectivity index (χ3n) is 5.28. The second kappa shape index (κ2) is 10.3. The Morgan fingerprint density at radius 1 is 0.967 bits per heavy atom. The molecule has 0 N–H and O–H groups in total. The van der Waals surface area contributed by atoms with Crippen LogP contribution < -0.4 is 0 Å². The summed E-state index contributed by atoms with van der Waals surface area (Å²) >= 11 is 0. The van der Waals surface area contributed by atoms with Gasteiger partial charge in [-0.2, -0.15) is 0 Å². The van der Waals surface area contributed by atoms with Crippen LogP contribution in [-0.4, -0.2) is 51.0 Å². The average molecular weight is 412 g/mol. The minimum absolute atomic E-state index is 0.320. The van der Waals surface area contributed by atoms with Gasteiger partial charge in [-0.1, -0.05) is 66.7 Å². The van der Waals surface area contributed by atoms with E-state index in [0.29, 0.717) is 19.8 Å². The van der Waals surface area contributed by atoms with Crippen molar-refractivity contribution in [2.24, 2.45) is 0 Å². The molecule has 0 saturated carbocycles. The Balaban J connectivity index is 1.56. The van der Waals surface area contributed by atoms with Gasteiger partial charge in [-0.25, -0.2) is 0 Å². The van der Waals surface area contributed by atoms with Gasteiger partial charge in [0, 0.05) is 12.7 Å². The molecule has 6 atom stereocenters. The van der Waals surface area contributed by atoms with Gasteiger partial charge >= 0.3 is 0 Å². The van der Waals surface area contributed by atoms with E-state index in [1.165, 1.54) is 0 Å². The number of ether oxygens (including phenoxy) is 6. The van der Waals surface area contributed by atoms with E-state index in [9.17, 15) is 0 Å². The van der Waals surface area contributed by atoms with E-state index in [0.717, 1.165) is 11.1 Å². The molecule has 2 aliphatic heterocycles. The molecule has 6 nitrogen and oxygen atoms in total. The van der Waals surface area contributed by atoms with Crippen molar-refractivity contribution in [2.75, 3.05) is 20.3 Å². The summed E-state index contributed by atoms with van der Waals surface area (Å²) < 4.78 is 36.3. The van der Waals surface area contributed by atoms with Gasteiger partial charge < -0.3 is 28.4 Å². The quantitative estimate of drug-likeness (QED) is 0.617. The van der Waals surface area contributed by atoms with E-state index in [1.807, 2.05) is 60.7 Å². The number of hydrogen-bond acceptors (Lipinski definition) is 6. The molecule has 6 heteroatoms. The largest absolute Gasteiger partial charge is 0.368 e. The zero-order valence-corrected chi connectivity index (χ0v) is 17.1. The Morgan fingerprint density at radius 3 is 2.40 bits per heavy atom. The minimum atomic E-state index is -0.590. The summed E-state index contributed by atoms with van der Waals surface area (Å²) in [5.41, 5.74) is 2.03. The number of benzene rings is 2. The second-order valence-corrected chi connectivity index (χ2v) is 7.30. The first-order chi connectivity index (χ1) is 14.8. The molecule has 30 heavy (non-hydrogen) atoms. The van der Waals surface area contributed by atoms with Crippen molar-refractivity contribution in [1.29, 1.82) is 0 Å².